The van der Waals surface area contributed by atoms with Crippen LogP contribution in [0.4, 0.5) is 33.6 Å². The summed E-state index contributed by atoms with van der Waals surface area (Å²) in [5.74, 6) is -1.16. The van der Waals surface area contributed by atoms with E-state index in [4.69, 9.17) is 43.4 Å². The molecular formula is C85H157BrLiMgN7O26. The van der Waals surface area contributed by atoms with Crippen molar-refractivity contribution in [2.24, 2.45) is 4.99 Å². The maximum atomic E-state index is 11.9. The van der Waals surface area contributed by atoms with Crippen LogP contribution in [0.1, 0.15) is 334 Å². The number of aliphatic hydroxyl groups excluding tert-OH is 1. The van der Waals surface area contributed by atoms with E-state index in [0.29, 0.717) is 31.7 Å². The smallest absolute Gasteiger partial charge is 1.00 e. The molecule has 5 fully saturated rings. The van der Waals surface area contributed by atoms with Crippen molar-refractivity contribution in [2.75, 3.05) is 6.61 Å². The van der Waals surface area contributed by atoms with E-state index in [2.05, 4.69) is 27.3 Å². The Kier molecular flexibility index (Phi) is 67.4. The molecule has 5 saturated heterocycles. The fraction of sp³-hybridized carbons (Fsp3) is 0.800. The van der Waals surface area contributed by atoms with E-state index in [0.717, 1.165) is 62.0 Å². The van der Waals surface area contributed by atoms with Gasteiger partial charge in [0.2, 0.25) is 5.91 Å². The van der Waals surface area contributed by atoms with E-state index in [9.17, 15) is 71.9 Å². The SMILES string of the molecule is C.C.C.CC(=O)CC[C@H](NC(=O)OC(C)(C)C)C(C)=O.CC(=O)[C@@H]1CCC(=O)N1C(=O)OC(C)(C)C.CC(=O)[C@@H]1CCC(C)=N1.CC(=O)[C@@H]1CC[C@H](C)N1.CC(=O)[C@@H]1CC[C@H](C)N1C(=O)OC(C)(C)C.CC(C)(C)OC(=O)OC(=O)OC(C)(C)C.C[C@H]1CC[C@@H](C(=O)O)N1C(=O)OC(C)(C)C.C[C@H]1CC[C@@H](CO)N1C(=O)OC(C)(C)C.[Br-].[CH3-].[Li+].[Mg+2].[OH-]. The molecule has 0 aromatic rings. The maximum Gasteiger partial charge on any atom is 2.00 e. The molecule has 0 saturated carbocycles. The van der Waals surface area contributed by atoms with Gasteiger partial charge in [-0.2, -0.15) is 0 Å². The minimum atomic E-state index is -1.06. The number of aliphatic carboxylic acids is 1. The van der Waals surface area contributed by atoms with Crippen LogP contribution in [-0.2, 0) is 76.3 Å². The van der Waals surface area contributed by atoms with E-state index in [1.807, 2.05) is 69.2 Å². The van der Waals surface area contributed by atoms with Crippen molar-refractivity contribution < 1.29 is 161 Å². The van der Waals surface area contributed by atoms with Crippen molar-refractivity contribution >= 4 is 118 Å². The van der Waals surface area contributed by atoms with E-state index < -0.39 is 93.9 Å². The van der Waals surface area contributed by atoms with Crippen LogP contribution >= 0.6 is 0 Å². The Bertz CT molecular complexity index is 3170. The van der Waals surface area contributed by atoms with Crippen LogP contribution in [0.15, 0.2) is 4.99 Å². The third-order valence-electron chi connectivity index (χ3n) is 16.6. The number of carbonyl (C=O) groups excluding carboxylic acids is 14. The van der Waals surface area contributed by atoms with Crippen LogP contribution in [0.25, 0.3) is 0 Å². The molecule has 6 aliphatic heterocycles. The van der Waals surface area contributed by atoms with Crippen molar-refractivity contribution in [1.82, 2.24) is 30.2 Å². The average Bonchev–Trinajstić information content (AvgIpc) is 1.70. The van der Waals surface area contributed by atoms with Crippen molar-refractivity contribution in [3.8, 4) is 0 Å². The predicted octanol–water partition coefficient (Wildman–Crippen LogP) is 9.93. The molecule has 6 amide bonds. The number of halogens is 1. The third kappa shape index (κ3) is 60.0. The Labute approximate surface area is 763 Å². The van der Waals surface area contributed by atoms with Gasteiger partial charge in [0.05, 0.1) is 30.8 Å². The summed E-state index contributed by atoms with van der Waals surface area (Å²) in [6.45, 7) is 55.6. The van der Waals surface area contributed by atoms with Crippen LogP contribution in [-0.4, -0.2) is 266 Å². The molecule has 0 spiro atoms. The average molecular weight is 1800 g/mol. The molecule has 11 atom stereocenters. The third-order valence-corrected chi connectivity index (χ3v) is 16.6. The van der Waals surface area contributed by atoms with Gasteiger partial charge in [0.15, 0.2) is 23.1 Å². The molecule has 33 nitrogen and oxygen atoms in total. The molecule has 0 bridgehead atoms. The van der Waals surface area contributed by atoms with Gasteiger partial charge in [-0.3, -0.25) is 43.6 Å². The van der Waals surface area contributed by atoms with Crippen LogP contribution in [0.2, 0.25) is 0 Å². The fourth-order valence-electron chi connectivity index (χ4n) is 11.4. The molecule has 0 radical (unpaired) electrons. The Morgan fingerprint density at radius 1 is 0.479 bits per heavy atom. The summed E-state index contributed by atoms with van der Waals surface area (Å²) >= 11 is 0. The number of carbonyl (C=O) groups is 15. The zero-order valence-electron chi connectivity index (χ0n) is 77.5. The number of likely N-dealkylation sites (tertiary alicyclic amines) is 4. The second-order valence-electron chi connectivity index (χ2n) is 36.1. The summed E-state index contributed by atoms with van der Waals surface area (Å²) in [5, 5.41) is 23.8. The van der Waals surface area contributed by atoms with E-state index >= 15 is 0 Å². The number of nitrogens with one attached hydrogen (secondary N) is 2. The van der Waals surface area contributed by atoms with Gasteiger partial charge in [-0.1, -0.05) is 22.3 Å². The number of nitrogens with zero attached hydrogens (tertiary/aromatic N) is 5. The van der Waals surface area contributed by atoms with Crippen LogP contribution in [0, 0.1) is 7.43 Å². The maximum absolute atomic E-state index is 11.9. The van der Waals surface area contributed by atoms with Crippen molar-refractivity contribution in [1.29, 1.82) is 0 Å². The fourth-order valence-corrected chi connectivity index (χ4v) is 11.4. The first-order valence-electron chi connectivity index (χ1n) is 38.9. The number of aliphatic hydroxyl groups is 1. The summed E-state index contributed by atoms with van der Waals surface area (Å²) in [4.78, 5) is 179. The van der Waals surface area contributed by atoms with Crippen molar-refractivity contribution in [2.45, 2.75) is 439 Å². The molecule has 0 aromatic heterocycles. The topological polar surface area (TPSA) is 450 Å². The Hall–Kier alpha value is -6.36. The molecular weight excluding hydrogens is 1650 g/mol. The number of Topliss-reactive ketones (excluding diaryl/α,β-unsaturated/α-hetero) is 6. The molecule has 0 aliphatic carbocycles. The van der Waals surface area contributed by atoms with Gasteiger partial charge in [-0.05, 0) is 299 Å². The summed E-state index contributed by atoms with van der Waals surface area (Å²) in [6.07, 6.45) is 5.19. The van der Waals surface area contributed by atoms with Gasteiger partial charge >= 0.3 is 90.7 Å². The molecule has 6 heterocycles. The number of hydrogen-bond donors (Lipinski definition) is 4. The van der Waals surface area contributed by atoms with Gasteiger partial charge in [0.1, 0.15) is 68.9 Å². The first kappa shape index (κ1) is 135. The molecule has 698 valence electrons. The van der Waals surface area contributed by atoms with E-state index in [1.54, 1.807) is 128 Å². The molecule has 0 aromatic carbocycles. The van der Waals surface area contributed by atoms with Crippen LogP contribution in [0.3, 0.4) is 0 Å². The molecule has 5 N–H and O–H groups in total. The van der Waals surface area contributed by atoms with E-state index in [-0.39, 0.29) is 209 Å². The van der Waals surface area contributed by atoms with Gasteiger partial charge < -0.3 is 98.3 Å². The number of amides is 6. The normalized spacial score (nSPS) is 20.7. The number of alkyl carbamates (subject to hydrolysis) is 1. The van der Waals surface area contributed by atoms with Crippen molar-refractivity contribution in [3.63, 3.8) is 0 Å². The Balaban J connectivity index is -0.000000145. The minimum absolute atomic E-state index is 0. The summed E-state index contributed by atoms with van der Waals surface area (Å²) in [7, 11) is 0. The van der Waals surface area contributed by atoms with Gasteiger partial charge in [-0.15, -0.1) is 0 Å². The number of ketones is 6. The number of hydrogen-bond acceptors (Lipinski definition) is 27. The molecule has 121 heavy (non-hydrogen) atoms. The van der Waals surface area contributed by atoms with Gasteiger partial charge in [-0.25, -0.2) is 43.3 Å². The minimum Gasteiger partial charge on any atom is -1.00 e. The number of carboxylic acid groups (broad SMARTS) is 1. The molecule has 6 rings (SSSR count). The second-order valence-corrected chi connectivity index (χ2v) is 36.1. The number of imide groups is 1. The predicted molar refractivity (Wildman–Crippen MR) is 459 cm³/mol. The monoisotopic (exact) mass is 1800 g/mol. The summed E-state index contributed by atoms with van der Waals surface area (Å²) in [6, 6.07) is -1.57. The zero-order valence-corrected chi connectivity index (χ0v) is 80.5. The number of ether oxygens (including phenoxy) is 8. The quantitative estimate of drug-likeness (QED) is 0.0491. The Morgan fingerprint density at radius 3 is 1.14 bits per heavy atom. The van der Waals surface area contributed by atoms with Gasteiger partial charge in [0.25, 0.3) is 0 Å². The van der Waals surface area contributed by atoms with Crippen LogP contribution in [0.5, 0.6) is 0 Å². The first-order valence-corrected chi connectivity index (χ1v) is 38.9. The Morgan fingerprint density at radius 2 is 0.843 bits per heavy atom. The number of carboxylic acids is 1. The second kappa shape index (κ2) is 60.3. The molecule has 6 aliphatic rings. The first-order chi connectivity index (χ1) is 51.0. The molecule has 0 unspecified atom stereocenters. The van der Waals surface area contributed by atoms with E-state index in [1.165, 1.54) is 32.6 Å². The number of rotatable bonds is 11. The summed E-state index contributed by atoms with van der Waals surface area (Å²) in [5.41, 5.74) is -3.12. The largest absolute Gasteiger partial charge is 2.00 e. The van der Waals surface area contributed by atoms with Crippen molar-refractivity contribution in [3.05, 3.63) is 7.43 Å². The standard InChI is InChI=1S/C12H21NO4.C12H21NO3.C11H17NO4.C11H19NO4.C11H21NO3.C10H18O5.C7H13NO.C7H11NO.3CH4.CH3.BrH.Li.Mg.H2O/c1-8(14)6-7-10(9(2)15)13-11(16)17-12(3,4)5;1-8-6-7-10(9(2)14)13(8)11(15)16-12(3,4)5;1-7(13)8-5-6-9(14)12(8)10(15)16-11(2,3)4;1-7-5-6-8(9(13)14)12(7)10(15)16-11(2,3)4;1-8-5-6-9(7-13)12(8)10(14)15-11(2,3)4;1-9(2,3)14-7(11)13-8(12)15-10(4,5)6;2*1-5-3-4-7(8-5)6(2)9;;;;;;;;/h10H,6-7H2,1-5H3,(H,13,16);8,10H,6-7H2,1-5H3;8H,5-6H2,1-4H3;7-8H,5-6H2,1-4H3,(H,13,14);8-9,13H,5-7H2,1-4H3;1-6H3;5,7-8H,3-4H2,1-2H3;7H,3-4H2,1-2H3;3*1H4;1H3;1H;;;1H2/q;;;;;;;;;;;-1;;+1;+2;/p-2/t10-;8-,10-;8-;7-,8-;8-,9-;;5-,7-;7-;;;;;;;;/m00000.00......../s1. The van der Waals surface area contributed by atoms with Crippen LogP contribution < -0.4 is 46.5 Å². The molecule has 36 heteroatoms. The summed E-state index contributed by atoms with van der Waals surface area (Å²) < 4.78 is 39.7. The number of aliphatic imine (C=N–C) groups is 1. The zero-order chi connectivity index (χ0) is 88.8. The van der Waals surface area contributed by atoms with Gasteiger partial charge in [0, 0.05) is 42.7 Å².